The molecule has 1 unspecified atom stereocenters. The molecule has 1 rings (SSSR count). The Morgan fingerprint density at radius 1 is 1.56 bits per heavy atom. The van der Waals surface area contributed by atoms with Gasteiger partial charge in [-0.05, 0) is 24.6 Å². The van der Waals surface area contributed by atoms with Crippen LogP contribution in [0.25, 0.3) is 0 Å². The number of carbonyl (C=O) groups is 1. The van der Waals surface area contributed by atoms with Crippen molar-refractivity contribution in [2.45, 2.75) is 19.4 Å². The van der Waals surface area contributed by atoms with Crippen LogP contribution in [-0.4, -0.2) is 36.8 Å². The summed E-state index contributed by atoms with van der Waals surface area (Å²) in [4.78, 5) is 10.5. The van der Waals surface area contributed by atoms with E-state index in [1.807, 2.05) is 31.2 Å². The average Bonchev–Trinajstić information content (AvgIpc) is 2.32. The van der Waals surface area contributed by atoms with E-state index in [1.54, 1.807) is 0 Å². The molecule has 5 nitrogen and oxygen atoms in total. The summed E-state index contributed by atoms with van der Waals surface area (Å²) in [5.74, 6) is 0.388. The van der Waals surface area contributed by atoms with E-state index >= 15 is 0 Å². The number of nitrogens with one attached hydrogen (secondary N) is 1. The van der Waals surface area contributed by atoms with E-state index in [4.69, 9.17) is 10.5 Å². The van der Waals surface area contributed by atoms with Gasteiger partial charge in [0.2, 0.25) is 5.91 Å². The predicted octanol–water partition coefficient (Wildman–Crippen LogP) is 0.200. The molecule has 1 amide bonds. The Hall–Kier alpha value is -1.59. The van der Waals surface area contributed by atoms with Gasteiger partial charge in [0.25, 0.3) is 0 Å². The van der Waals surface area contributed by atoms with Crippen molar-refractivity contribution >= 4 is 5.91 Å². The summed E-state index contributed by atoms with van der Waals surface area (Å²) >= 11 is 0. The quantitative estimate of drug-likeness (QED) is 0.577. The third-order valence-corrected chi connectivity index (χ3v) is 2.36. The van der Waals surface area contributed by atoms with Crippen LogP contribution < -0.4 is 15.8 Å². The fourth-order valence-corrected chi connectivity index (χ4v) is 1.44. The second kappa shape index (κ2) is 7.68. The smallest absolute Gasteiger partial charge is 0.218 e. The van der Waals surface area contributed by atoms with Crippen LogP contribution in [-0.2, 0) is 4.79 Å². The number of aliphatic hydroxyl groups excluding tert-OH is 1. The number of aryl methyl sites for hydroxylation is 1. The predicted molar refractivity (Wildman–Crippen MR) is 69.4 cm³/mol. The minimum absolute atomic E-state index is 0.215. The average molecular weight is 252 g/mol. The first-order chi connectivity index (χ1) is 8.58. The lowest BCUT2D eigenvalue weighted by Crippen LogP contribution is -2.33. The Bertz CT molecular complexity index is 382. The maximum atomic E-state index is 10.5. The Balaban J connectivity index is 2.17. The number of nitrogens with two attached hydrogens (primary N) is 1. The van der Waals surface area contributed by atoms with Gasteiger partial charge in [0.1, 0.15) is 18.5 Å². The number of primary amides is 1. The van der Waals surface area contributed by atoms with Crippen LogP contribution in [0.2, 0.25) is 0 Å². The topological polar surface area (TPSA) is 84.6 Å². The summed E-state index contributed by atoms with van der Waals surface area (Å²) in [6.45, 7) is 3.04. The fourth-order valence-electron chi connectivity index (χ4n) is 1.44. The van der Waals surface area contributed by atoms with Crippen LogP contribution >= 0.6 is 0 Å². The molecule has 0 radical (unpaired) electrons. The molecule has 0 aliphatic rings. The molecule has 0 aromatic heterocycles. The third-order valence-electron chi connectivity index (χ3n) is 2.36. The molecule has 18 heavy (non-hydrogen) atoms. The van der Waals surface area contributed by atoms with Crippen LogP contribution in [0.15, 0.2) is 24.3 Å². The SMILES string of the molecule is Cc1cccc(OCC(O)CNCCC(N)=O)c1. The molecule has 0 heterocycles. The molecule has 0 spiro atoms. The highest BCUT2D eigenvalue weighted by atomic mass is 16.5. The maximum Gasteiger partial charge on any atom is 0.218 e. The molecule has 0 aliphatic carbocycles. The highest BCUT2D eigenvalue weighted by Gasteiger charge is 2.05. The summed E-state index contributed by atoms with van der Waals surface area (Å²) in [6, 6.07) is 7.64. The van der Waals surface area contributed by atoms with Gasteiger partial charge in [-0.1, -0.05) is 12.1 Å². The molecule has 0 saturated carbocycles. The first-order valence-corrected chi connectivity index (χ1v) is 5.94. The molecule has 5 heteroatoms. The number of ether oxygens (including phenoxy) is 1. The normalized spacial score (nSPS) is 12.1. The molecule has 1 atom stereocenters. The van der Waals surface area contributed by atoms with E-state index in [1.165, 1.54) is 0 Å². The molecule has 1 aromatic carbocycles. The molecule has 0 aliphatic heterocycles. The number of aliphatic hydroxyl groups is 1. The fraction of sp³-hybridized carbons (Fsp3) is 0.462. The highest BCUT2D eigenvalue weighted by Crippen LogP contribution is 2.12. The molecular formula is C13H20N2O3. The van der Waals surface area contributed by atoms with Crippen LogP contribution in [0.3, 0.4) is 0 Å². The van der Waals surface area contributed by atoms with E-state index in [0.717, 1.165) is 11.3 Å². The zero-order chi connectivity index (χ0) is 13.4. The lowest BCUT2D eigenvalue weighted by atomic mass is 10.2. The van der Waals surface area contributed by atoms with Crippen molar-refractivity contribution in [2.75, 3.05) is 19.7 Å². The number of hydrogen-bond donors (Lipinski definition) is 3. The minimum atomic E-state index is -0.613. The molecule has 0 fully saturated rings. The van der Waals surface area contributed by atoms with E-state index in [2.05, 4.69) is 5.32 Å². The minimum Gasteiger partial charge on any atom is -0.491 e. The maximum absolute atomic E-state index is 10.5. The zero-order valence-corrected chi connectivity index (χ0v) is 10.6. The van der Waals surface area contributed by atoms with Gasteiger partial charge in [0.15, 0.2) is 0 Å². The second-order valence-electron chi connectivity index (χ2n) is 4.20. The van der Waals surface area contributed by atoms with E-state index in [-0.39, 0.29) is 18.9 Å². The van der Waals surface area contributed by atoms with Gasteiger partial charge in [-0.2, -0.15) is 0 Å². The monoisotopic (exact) mass is 252 g/mol. The summed E-state index contributed by atoms with van der Waals surface area (Å²) in [6.07, 6.45) is -0.343. The van der Waals surface area contributed by atoms with Crippen LogP contribution in [0, 0.1) is 6.92 Å². The summed E-state index contributed by atoms with van der Waals surface area (Å²) < 4.78 is 5.45. The van der Waals surface area contributed by atoms with Crippen molar-refractivity contribution in [1.29, 1.82) is 0 Å². The molecule has 1 aromatic rings. The lowest BCUT2D eigenvalue weighted by Gasteiger charge is -2.13. The van der Waals surface area contributed by atoms with Crippen molar-refractivity contribution < 1.29 is 14.6 Å². The number of rotatable bonds is 8. The van der Waals surface area contributed by atoms with Gasteiger partial charge in [-0.3, -0.25) is 4.79 Å². The largest absolute Gasteiger partial charge is 0.491 e. The summed E-state index contributed by atoms with van der Waals surface area (Å²) in [5, 5.41) is 12.6. The molecule has 4 N–H and O–H groups in total. The zero-order valence-electron chi connectivity index (χ0n) is 10.6. The van der Waals surface area contributed by atoms with E-state index in [0.29, 0.717) is 13.1 Å². The second-order valence-corrected chi connectivity index (χ2v) is 4.20. The Morgan fingerprint density at radius 3 is 3.00 bits per heavy atom. The first-order valence-electron chi connectivity index (χ1n) is 5.94. The van der Waals surface area contributed by atoms with Gasteiger partial charge in [0, 0.05) is 19.5 Å². The van der Waals surface area contributed by atoms with Crippen molar-refractivity contribution in [3.8, 4) is 5.75 Å². The van der Waals surface area contributed by atoms with Gasteiger partial charge in [-0.25, -0.2) is 0 Å². The van der Waals surface area contributed by atoms with Crippen LogP contribution in [0.4, 0.5) is 0 Å². The molecule has 0 bridgehead atoms. The van der Waals surface area contributed by atoms with Crippen LogP contribution in [0.1, 0.15) is 12.0 Å². The van der Waals surface area contributed by atoms with Gasteiger partial charge < -0.3 is 20.9 Å². The Morgan fingerprint density at radius 2 is 2.33 bits per heavy atom. The molecular weight excluding hydrogens is 232 g/mol. The van der Waals surface area contributed by atoms with Gasteiger partial charge in [0.05, 0.1) is 0 Å². The summed E-state index contributed by atoms with van der Waals surface area (Å²) in [7, 11) is 0. The number of amides is 1. The number of hydrogen-bond acceptors (Lipinski definition) is 4. The van der Waals surface area contributed by atoms with Crippen LogP contribution in [0.5, 0.6) is 5.75 Å². The number of carbonyl (C=O) groups excluding carboxylic acids is 1. The van der Waals surface area contributed by atoms with Crippen molar-refractivity contribution in [3.63, 3.8) is 0 Å². The third kappa shape index (κ3) is 6.22. The van der Waals surface area contributed by atoms with Crippen molar-refractivity contribution in [2.24, 2.45) is 5.73 Å². The lowest BCUT2D eigenvalue weighted by molar-refractivity contribution is -0.117. The van der Waals surface area contributed by atoms with Gasteiger partial charge in [-0.15, -0.1) is 0 Å². The Kier molecular flexibility index (Phi) is 6.18. The Labute approximate surface area is 107 Å². The highest BCUT2D eigenvalue weighted by molar-refractivity contribution is 5.73. The standard InChI is InChI=1S/C13H20N2O3/c1-10-3-2-4-12(7-10)18-9-11(16)8-15-6-5-13(14)17/h2-4,7,11,15-16H,5-6,8-9H2,1H3,(H2,14,17). The van der Waals surface area contributed by atoms with E-state index in [9.17, 15) is 9.90 Å². The van der Waals surface area contributed by atoms with Crippen molar-refractivity contribution in [3.05, 3.63) is 29.8 Å². The van der Waals surface area contributed by atoms with Gasteiger partial charge >= 0.3 is 0 Å². The molecule has 0 saturated heterocycles. The number of benzene rings is 1. The van der Waals surface area contributed by atoms with E-state index < -0.39 is 6.10 Å². The molecule has 100 valence electrons. The summed E-state index contributed by atoms with van der Waals surface area (Å²) in [5.41, 5.74) is 6.10. The first kappa shape index (κ1) is 14.5. The van der Waals surface area contributed by atoms with Crippen molar-refractivity contribution in [1.82, 2.24) is 5.32 Å².